The molecule has 1 aromatic rings. The average molecular weight is 590 g/mol. The van der Waals surface area contributed by atoms with Crippen LogP contribution in [-0.2, 0) is 19.1 Å². The van der Waals surface area contributed by atoms with E-state index in [-0.39, 0.29) is 27.4 Å². The third-order valence-electron chi connectivity index (χ3n) is 3.01. The van der Waals surface area contributed by atoms with E-state index < -0.39 is 45.1 Å². The first-order valence-electron chi connectivity index (χ1n) is 7.37. The van der Waals surface area contributed by atoms with Crippen molar-refractivity contribution in [1.29, 1.82) is 0 Å². The zero-order valence-electron chi connectivity index (χ0n) is 14.0. The molecular weight excluding hydrogens is 579 g/mol. The van der Waals surface area contributed by atoms with Crippen LogP contribution in [0, 0.1) is 0 Å². The van der Waals surface area contributed by atoms with Crippen molar-refractivity contribution in [1.82, 2.24) is 0 Å². The molecule has 29 heavy (non-hydrogen) atoms. The van der Waals surface area contributed by atoms with Crippen LogP contribution in [0.3, 0.4) is 0 Å². The summed E-state index contributed by atoms with van der Waals surface area (Å²) in [7, 11) is 0. The van der Waals surface area contributed by atoms with Gasteiger partial charge in [-0.15, -0.1) is 23.2 Å². The number of ether oxygens (including phenoxy) is 3. The summed E-state index contributed by atoms with van der Waals surface area (Å²) in [6.45, 7) is -0.866. The number of carbonyl (C=O) groups is 2. The predicted molar refractivity (Wildman–Crippen MR) is 118 cm³/mol. The summed E-state index contributed by atoms with van der Waals surface area (Å²) in [5.74, 6) is -2.93. The first kappa shape index (κ1) is 27.6. The van der Waals surface area contributed by atoms with E-state index in [1.165, 1.54) is 12.1 Å². The van der Waals surface area contributed by atoms with Crippen LogP contribution in [0.5, 0.6) is 5.75 Å². The molecule has 0 bridgehead atoms. The highest BCUT2D eigenvalue weighted by Gasteiger charge is 2.38. The lowest BCUT2D eigenvalue weighted by molar-refractivity contribution is -0.161. The number of alkyl halides is 6. The first-order chi connectivity index (χ1) is 13.3. The molecule has 0 fully saturated rings. The Kier molecular flexibility index (Phi) is 11.4. The number of carbonyl (C=O) groups excluding carboxylic acids is 2. The minimum Gasteiger partial charge on any atom is -0.488 e. The van der Waals surface area contributed by atoms with Gasteiger partial charge in [0.2, 0.25) is 8.67 Å². The van der Waals surface area contributed by atoms with Gasteiger partial charge in [-0.05, 0) is 6.07 Å². The quantitative estimate of drug-likeness (QED) is 0.182. The number of benzene rings is 1. The van der Waals surface area contributed by atoms with Crippen molar-refractivity contribution in [2.24, 2.45) is 0 Å². The van der Waals surface area contributed by atoms with Gasteiger partial charge in [0.25, 0.3) is 0 Å². The topological polar surface area (TPSA) is 61.8 Å². The van der Waals surface area contributed by atoms with Crippen molar-refractivity contribution >= 4 is 116 Å². The Morgan fingerprint density at radius 3 is 1.90 bits per heavy atom. The lowest BCUT2D eigenvalue weighted by Gasteiger charge is -2.23. The number of esters is 2. The maximum absolute atomic E-state index is 12.1. The minimum atomic E-state index is -2.04. The Labute approximate surface area is 211 Å². The van der Waals surface area contributed by atoms with Crippen molar-refractivity contribution in [3.8, 4) is 5.75 Å². The summed E-state index contributed by atoms with van der Waals surface area (Å²) >= 11 is 51.7. The second kappa shape index (κ2) is 12.0. The lowest BCUT2D eigenvalue weighted by atomic mass is 10.3. The number of hydrogen-bond donors (Lipinski definition) is 0. The molecule has 0 saturated carbocycles. The highest BCUT2D eigenvalue weighted by molar-refractivity contribution is 6.60. The maximum Gasteiger partial charge on any atom is 0.344 e. The highest BCUT2D eigenvalue weighted by atomic mass is 35.5. The van der Waals surface area contributed by atoms with Crippen molar-refractivity contribution in [3.63, 3.8) is 0 Å². The zero-order chi connectivity index (χ0) is 22.4. The third-order valence-corrected chi connectivity index (χ3v) is 6.52. The van der Waals surface area contributed by atoms with Gasteiger partial charge >= 0.3 is 11.9 Å². The van der Waals surface area contributed by atoms with Crippen molar-refractivity contribution in [2.45, 2.75) is 14.8 Å². The molecule has 5 nitrogen and oxygen atoms in total. The zero-order valence-corrected chi connectivity index (χ0v) is 20.8. The van der Waals surface area contributed by atoms with Crippen LogP contribution in [0.4, 0.5) is 0 Å². The molecule has 0 aliphatic rings. The Bertz CT molecular complexity index is 741. The van der Waals surface area contributed by atoms with Gasteiger partial charge in [-0.25, -0.2) is 9.59 Å². The van der Waals surface area contributed by atoms with Gasteiger partial charge in [0, 0.05) is 6.07 Å². The molecular formula is C15H11Cl9O5. The smallest absolute Gasteiger partial charge is 0.344 e. The van der Waals surface area contributed by atoms with Crippen LogP contribution in [0.15, 0.2) is 12.1 Å². The largest absolute Gasteiger partial charge is 0.488 e. The van der Waals surface area contributed by atoms with Gasteiger partial charge in [-0.3, -0.25) is 0 Å². The second-order valence-electron chi connectivity index (χ2n) is 5.31. The summed E-state index contributed by atoms with van der Waals surface area (Å²) in [5.41, 5.74) is 0. The standard InChI is InChI=1S/C15H11Cl9O5/c16-5-14(21,22)12(25)28-4-7(29-13(26)15(23,24)6-17)3-27-11-2-9(19)8(18)1-10(11)20/h1-2,7H,3-6H2. The van der Waals surface area contributed by atoms with E-state index in [2.05, 4.69) is 0 Å². The fourth-order valence-corrected chi connectivity index (χ4v) is 2.54. The van der Waals surface area contributed by atoms with Gasteiger partial charge in [0.1, 0.15) is 19.0 Å². The van der Waals surface area contributed by atoms with Crippen molar-refractivity contribution in [2.75, 3.05) is 25.0 Å². The van der Waals surface area contributed by atoms with Gasteiger partial charge in [-0.2, -0.15) is 0 Å². The van der Waals surface area contributed by atoms with Crippen LogP contribution in [0.25, 0.3) is 0 Å². The lowest BCUT2D eigenvalue weighted by Crippen LogP contribution is -2.40. The molecule has 0 radical (unpaired) electrons. The van der Waals surface area contributed by atoms with Gasteiger partial charge in [-0.1, -0.05) is 81.2 Å². The molecule has 0 aliphatic heterocycles. The van der Waals surface area contributed by atoms with Gasteiger partial charge in [0.05, 0.1) is 26.8 Å². The first-order valence-corrected chi connectivity index (χ1v) is 11.1. The molecule has 1 unspecified atom stereocenters. The Hall–Kier alpha value is 0.570. The normalized spacial score (nSPS) is 13.0. The van der Waals surface area contributed by atoms with Crippen molar-refractivity contribution < 1.29 is 23.8 Å². The van der Waals surface area contributed by atoms with E-state index in [9.17, 15) is 9.59 Å². The van der Waals surface area contributed by atoms with Gasteiger partial charge in [0.15, 0.2) is 6.10 Å². The summed E-state index contributed by atoms with van der Waals surface area (Å²) < 4.78 is 11.5. The summed E-state index contributed by atoms with van der Waals surface area (Å²) in [6.07, 6.45) is -1.20. The fraction of sp³-hybridized carbons (Fsp3) is 0.467. The molecule has 1 atom stereocenters. The summed E-state index contributed by atoms with van der Waals surface area (Å²) in [6, 6.07) is 2.70. The Morgan fingerprint density at radius 2 is 1.34 bits per heavy atom. The van der Waals surface area contributed by atoms with Crippen LogP contribution in [-0.4, -0.2) is 51.7 Å². The SMILES string of the molecule is O=C(OCC(COc1cc(Cl)c(Cl)cc1Cl)OC(=O)C(Cl)(Cl)CCl)C(Cl)(Cl)CCl. The highest BCUT2D eigenvalue weighted by Crippen LogP contribution is 2.34. The van der Waals surface area contributed by atoms with Crippen LogP contribution < -0.4 is 4.74 Å². The van der Waals surface area contributed by atoms with E-state index in [0.29, 0.717) is 0 Å². The molecule has 0 aliphatic carbocycles. The molecule has 1 rings (SSSR count). The molecule has 0 heterocycles. The Balaban J connectivity index is 2.91. The van der Waals surface area contributed by atoms with Crippen molar-refractivity contribution in [3.05, 3.63) is 27.2 Å². The van der Waals surface area contributed by atoms with Crippen LogP contribution >= 0.6 is 104 Å². The number of rotatable bonds is 10. The molecule has 14 heteroatoms. The monoisotopic (exact) mass is 586 g/mol. The summed E-state index contributed by atoms with van der Waals surface area (Å²) in [5, 5.41) is 0.512. The molecule has 0 amide bonds. The van der Waals surface area contributed by atoms with E-state index in [1.54, 1.807) is 0 Å². The molecule has 0 N–H and O–H groups in total. The van der Waals surface area contributed by atoms with E-state index >= 15 is 0 Å². The average Bonchev–Trinajstić information content (AvgIpc) is 2.66. The van der Waals surface area contributed by atoms with Crippen LogP contribution in [0.2, 0.25) is 15.1 Å². The molecule has 0 saturated heterocycles. The summed E-state index contributed by atoms with van der Waals surface area (Å²) in [4.78, 5) is 23.9. The number of hydrogen-bond acceptors (Lipinski definition) is 5. The Morgan fingerprint density at radius 1 is 0.828 bits per heavy atom. The van der Waals surface area contributed by atoms with E-state index in [1.807, 2.05) is 0 Å². The molecule has 0 aromatic heterocycles. The minimum absolute atomic E-state index is 0.124. The van der Waals surface area contributed by atoms with Crippen LogP contribution in [0.1, 0.15) is 0 Å². The third kappa shape index (κ3) is 8.55. The predicted octanol–water partition coefficient (Wildman–Crippen LogP) is 6.31. The van der Waals surface area contributed by atoms with E-state index in [0.717, 1.165) is 0 Å². The van der Waals surface area contributed by atoms with E-state index in [4.69, 9.17) is 119 Å². The fourth-order valence-electron chi connectivity index (χ4n) is 1.53. The number of halogens is 9. The van der Waals surface area contributed by atoms with Gasteiger partial charge < -0.3 is 14.2 Å². The molecule has 1 aromatic carbocycles. The second-order valence-corrected chi connectivity index (χ2v) is 10.0. The maximum atomic E-state index is 12.1. The molecule has 0 spiro atoms. The molecule has 164 valence electrons.